The molecule has 0 radical (unpaired) electrons. The number of aryl methyl sites for hydroxylation is 1. The van der Waals surface area contributed by atoms with Gasteiger partial charge in [-0.3, -0.25) is 9.59 Å². The maximum Gasteiger partial charge on any atom is 0.308 e. The highest BCUT2D eigenvalue weighted by Gasteiger charge is 2.19. The molecule has 0 aliphatic heterocycles. The minimum Gasteiger partial charge on any atom is -0.493 e. The summed E-state index contributed by atoms with van der Waals surface area (Å²) in [4.78, 5) is 23.5. The number of carbonyl (C=O) groups is 2. The monoisotopic (exact) mass is 306 g/mol. The molecule has 2 aromatic rings. The van der Waals surface area contributed by atoms with Crippen LogP contribution in [0.15, 0.2) is 24.3 Å². The van der Waals surface area contributed by atoms with Crippen LogP contribution in [-0.4, -0.2) is 23.4 Å². The first kappa shape index (κ1) is 15.0. The number of esters is 1. The molecule has 0 saturated carbocycles. The number of para-hydroxylation sites is 1. The van der Waals surface area contributed by atoms with Gasteiger partial charge in [0.15, 0.2) is 11.5 Å². The van der Waals surface area contributed by atoms with Crippen LogP contribution in [0.5, 0.6) is 11.5 Å². The fourth-order valence-electron chi connectivity index (χ4n) is 1.71. The molecule has 1 N–H and O–H groups in total. The molecule has 1 aromatic carbocycles. The van der Waals surface area contributed by atoms with Crippen LogP contribution in [0, 0.1) is 6.92 Å². The zero-order chi connectivity index (χ0) is 15.4. The number of ether oxygens (including phenoxy) is 2. The lowest BCUT2D eigenvalue weighted by Gasteiger charge is -2.12. The van der Waals surface area contributed by atoms with Gasteiger partial charge in [0, 0.05) is 6.92 Å². The highest BCUT2D eigenvalue weighted by Crippen LogP contribution is 2.32. The van der Waals surface area contributed by atoms with E-state index in [1.54, 1.807) is 24.3 Å². The largest absolute Gasteiger partial charge is 0.493 e. The minimum absolute atomic E-state index is 0.103. The molecule has 2 rings (SSSR count). The maximum atomic E-state index is 12.3. The lowest BCUT2D eigenvalue weighted by atomic mass is 10.1. The Morgan fingerprint density at radius 1 is 1.33 bits per heavy atom. The molecule has 0 atom stereocenters. The van der Waals surface area contributed by atoms with Crippen LogP contribution < -0.4 is 14.8 Å². The lowest BCUT2D eigenvalue weighted by Crippen LogP contribution is -2.15. The Bertz CT molecular complexity index is 681. The number of benzene rings is 1. The summed E-state index contributed by atoms with van der Waals surface area (Å²) in [7, 11) is 1.44. The van der Waals surface area contributed by atoms with Gasteiger partial charge in [-0.25, -0.2) is 0 Å². The number of amides is 1. The maximum absolute atomic E-state index is 12.3. The van der Waals surface area contributed by atoms with E-state index in [1.807, 2.05) is 6.92 Å². The van der Waals surface area contributed by atoms with E-state index in [-0.39, 0.29) is 11.3 Å². The van der Waals surface area contributed by atoms with Gasteiger partial charge in [-0.1, -0.05) is 6.07 Å². The average Bonchev–Trinajstić information content (AvgIpc) is 2.83. The van der Waals surface area contributed by atoms with E-state index in [1.165, 1.54) is 25.6 Å². The van der Waals surface area contributed by atoms with Crippen LogP contribution in [0.1, 0.15) is 23.0 Å². The third-order valence-electron chi connectivity index (χ3n) is 2.55. The zero-order valence-corrected chi connectivity index (χ0v) is 12.6. The van der Waals surface area contributed by atoms with Crippen LogP contribution in [0.3, 0.4) is 0 Å². The van der Waals surface area contributed by atoms with Gasteiger partial charge in [-0.2, -0.15) is 4.37 Å². The summed E-state index contributed by atoms with van der Waals surface area (Å²) in [5.74, 6) is -0.499. The van der Waals surface area contributed by atoms with Crippen LogP contribution in [-0.2, 0) is 4.79 Å². The first-order chi connectivity index (χ1) is 10.0. The van der Waals surface area contributed by atoms with Gasteiger partial charge in [-0.15, -0.1) is 0 Å². The van der Waals surface area contributed by atoms with E-state index in [0.29, 0.717) is 10.8 Å². The van der Waals surface area contributed by atoms with Gasteiger partial charge in [0.2, 0.25) is 0 Å². The van der Waals surface area contributed by atoms with E-state index < -0.39 is 11.9 Å². The number of anilines is 1. The van der Waals surface area contributed by atoms with Crippen molar-refractivity contribution in [2.45, 2.75) is 13.8 Å². The standard InChI is InChI=1S/C14H14N2O4S/c1-8-7-12(21-16-8)15-14(18)10-5-4-6-11(19-3)13(10)20-9(2)17/h4-7H,1-3H3,(H,15,18). The van der Waals surface area contributed by atoms with Crippen molar-refractivity contribution in [3.8, 4) is 11.5 Å². The molecule has 0 spiro atoms. The minimum atomic E-state index is -0.526. The fraction of sp³-hybridized carbons (Fsp3) is 0.214. The topological polar surface area (TPSA) is 77.5 Å². The quantitative estimate of drug-likeness (QED) is 0.694. The molecule has 0 fully saturated rings. The molecule has 0 aliphatic rings. The smallest absolute Gasteiger partial charge is 0.308 e. The predicted molar refractivity (Wildman–Crippen MR) is 79.1 cm³/mol. The zero-order valence-electron chi connectivity index (χ0n) is 11.8. The number of nitrogens with one attached hydrogen (secondary N) is 1. The number of carbonyl (C=O) groups excluding carboxylic acids is 2. The third-order valence-corrected chi connectivity index (χ3v) is 3.35. The highest BCUT2D eigenvalue weighted by atomic mass is 32.1. The molecular formula is C14H14N2O4S. The molecule has 110 valence electrons. The Hall–Kier alpha value is -2.41. The van der Waals surface area contributed by atoms with Crippen LogP contribution >= 0.6 is 11.5 Å². The van der Waals surface area contributed by atoms with E-state index in [0.717, 1.165) is 5.69 Å². The highest BCUT2D eigenvalue weighted by molar-refractivity contribution is 7.10. The van der Waals surface area contributed by atoms with Crippen molar-refractivity contribution >= 4 is 28.4 Å². The molecule has 7 heteroatoms. The number of aromatic nitrogens is 1. The Morgan fingerprint density at radius 2 is 2.10 bits per heavy atom. The fourth-order valence-corrected chi connectivity index (χ4v) is 2.36. The third kappa shape index (κ3) is 3.57. The molecule has 21 heavy (non-hydrogen) atoms. The predicted octanol–water partition coefficient (Wildman–Crippen LogP) is 2.64. The van der Waals surface area contributed by atoms with Gasteiger partial charge >= 0.3 is 5.97 Å². The van der Waals surface area contributed by atoms with Gasteiger partial charge in [-0.05, 0) is 36.7 Å². The van der Waals surface area contributed by atoms with Crippen LogP contribution in [0.4, 0.5) is 5.00 Å². The lowest BCUT2D eigenvalue weighted by molar-refractivity contribution is -0.132. The molecule has 1 heterocycles. The summed E-state index contributed by atoms with van der Waals surface area (Å²) >= 11 is 1.18. The number of methoxy groups -OCH3 is 1. The van der Waals surface area contributed by atoms with Crippen molar-refractivity contribution < 1.29 is 19.1 Å². The molecule has 0 aliphatic carbocycles. The van der Waals surface area contributed by atoms with E-state index in [4.69, 9.17) is 9.47 Å². The summed E-state index contributed by atoms with van der Waals surface area (Å²) in [6, 6.07) is 6.59. The molecule has 1 aromatic heterocycles. The number of rotatable bonds is 4. The SMILES string of the molecule is COc1cccc(C(=O)Nc2cc(C)ns2)c1OC(C)=O. The van der Waals surface area contributed by atoms with Crippen molar-refractivity contribution in [2.75, 3.05) is 12.4 Å². The summed E-state index contributed by atoms with van der Waals surface area (Å²) in [5, 5.41) is 3.33. The summed E-state index contributed by atoms with van der Waals surface area (Å²) in [6.45, 7) is 3.10. The summed E-state index contributed by atoms with van der Waals surface area (Å²) < 4.78 is 14.3. The second kappa shape index (κ2) is 6.36. The molecule has 0 bridgehead atoms. The van der Waals surface area contributed by atoms with Gasteiger partial charge in [0.25, 0.3) is 5.91 Å². The first-order valence-electron chi connectivity index (χ1n) is 6.11. The second-order valence-corrected chi connectivity index (χ2v) is 5.02. The van der Waals surface area contributed by atoms with Gasteiger partial charge in [0.1, 0.15) is 5.00 Å². The van der Waals surface area contributed by atoms with Crippen molar-refractivity contribution in [2.24, 2.45) is 0 Å². The van der Waals surface area contributed by atoms with Crippen molar-refractivity contribution in [1.29, 1.82) is 0 Å². The number of nitrogens with zero attached hydrogens (tertiary/aromatic N) is 1. The number of hydrogen-bond acceptors (Lipinski definition) is 6. The van der Waals surface area contributed by atoms with E-state index in [9.17, 15) is 9.59 Å². The normalized spacial score (nSPS) is 10.0. The van der Waals surface area contributed by atoms with Gasteiger partial charge < -0.3 is 14.8 Å². The Balaban J connectivity index is 2.33. The molecule has 6 nitrogen and oxygen atoms in total. The number of hydrogen-bond donors (Lipinski definition) is 1. The Labute approximate surface area is 125 Å². The Kier molecular flexibility index (Phi) is 4.54. The van der Waals surface area contributed by atoms with Crippen LogP contribution in [0.2, 0.25) is 0 Å². The van der Waals surface area contributed by atoms with E-state index >= 15 is 0 Å². The molecule has 0 saturated heterocycles. The first-order valence-corrected chi connectivity index (χ1v) is 6.88. The van der Waals surface area contributed by atoms with Crippen molar-refractivity contribution in [3.63, 3.8) is 0 Å². The van der Waals surface area contributed by atoms with Crippen molar-refractivity contribution in [1.82, 2.24) is 4.37 Å². The van der Waals surface area contributed by atoms with Crippen LogP contribution in [0.25, 0.3) is 0 Å². The average molecular weight is 306 g/mol. The van der Waals surface area contributed by atoms with E-state index in [2.05, 4.69) is 9.69 Å². The molecule has 0 unspecified atom stereocenters. The van der Waals surface area contributed by atoms with Crippen molar-refractivity contribution in [3.05, 3.63) is 35.5 Å². The summed E-state index contributed by atoms with van der Waals surface area (Å²) in [5.41, 5.74) is 1.04. The summed E-state index contributed by atoms with van der Waals surface area (Å²) in [6.07, 6.45) is 0. The second-order valence-electron chi connectivity index (χ2n) is 4.22. The molecular weight excluding hydrogens is 292 g/mol. The van der Waals surface area contributed by atoms with Gasteiger partial charge in [0.05, 0.1) is 18.4 Å². The Morgan fingerprint density at radius 3 is 2.67 bits per heavy atom. The molecule has 1 amide bonds.